The molecule has 1 aromatic carbocycles. The number of carbonyl (C=O) groups is 2. The summed E-state index contributed by atoms with van der Waals surface area (Å²) in [6.07, 6.45) is 2.91. The Bertz CT molecular complexity index is 699. The first-order chi connectivity index (χ1) is 10.5. The van der Waals surface area contributed by atoms with Crippen molar-refractivity contribution >= 4 is 27.5 Å². The molecule has 2 bridgehead atoms. The maximum absolute atomic E-state index is 14.4. The minimum absolute atomic E-state index is 0.0366. The Kier molecular flexibility index (Phi) is 3.03. The molecule has 4 rings (SSSR count). The molecule has 2 heterocycles. The molecule has 6 heteroatoms. The van der Waals surface area contributed by atoms with Gasteiger partial charge in [-0.1, -0.05) is 28.1 Å². The van der Waals surface area contributed by atoms with Crippen LogP contribution in [0.1, 0.15) is 11.5 Å². The van der Waals surface area contributed by atoms with E-state index in [0.717, 1.165) is 0 Å². The second-order valence-electron chi connectivity index (χ2n) is 5.74. The van der Waals surface area contributed by atoms with Crippen LogP contribution in [0.2, 0.25) is 0 Å². The zero-order valence-electron chi connectivity index (χ0n) is 11.6. The van der Waals surface area contributed by atoms with Crippen LogP contribution in [0.15, 0.2) is 28.8 Å². The first kappa shape index (κ1) is 14.1. The van der Waals surface area contributed by atoms with E-state index in [1.807, 2.05) is 12.2 Å². The summed E-state index contributed by atoms with van der Waals surface area (Å²) in [6.45, 7) is 0. The molecule has 114 valence electrons. The van der Waals surface area contributed by atoms with Gasteiger partial charge in [-0.05, 0) is 12.1 Å². The molecule has 0 N–H and O–H groups in total. The van der Waals surface area contributed by atoms with Crippen molar-refractivity contribution in [3.8, 4) is 5.75 Å². The lowest BCUT2D eigenvalue weighted by molar-refractivity contribution is -0.127. The Balaban J connectivity index is 1.82. The highest BCUT2D eigenvalue weighted by atomic mass is 79.9. The van der Waals surface area contributed by atoms with Crippen LogP contribution in [-0.4, -0.2) is 30.9 Å². The van der Waals surface area contributed by atoms with Gasteiger partial charge in [-0.2, -0.15) is 0 Å². The number of hydrogen-bond donors (Lipinski definition) is 0. The number of ether oxygens (including phenoxy) is 2. The van der Waals surface area contributed by atoms with Gasteiger partial charge in [0.15, 0.2) is 11.6 Å². The molecule has 1 saturated heterocycles. The summed E-state index contributed by atoms with van der Waals surface area (Å²) in [5.74, 6) is -3.05. The van der Waals surface area contributed by atoms with Gasteiger partial charge in [0, 0.05) is 10.0 Å². The maximum Gasteiger partial charge on any atom is 0.154 e. The number of halogens is 2. The van der Waals surface area contributed by atoms with Crippen molar-refractivity contribution in [1.29, 1.82) is 0 Å². The summed E-state index contributed by atoms with van der Waals surface area (Å²) in [7, 11) is 1.39. The van der Waals surface area contributed by atoms with E-state index in [1.165, 1.54) is 13.2 Å². The van der Waals surface area contributed by atoms with Crippen molar-refractivity contribution in [2.45, 2.75) is 18.1 Å². The Morgan fingerprint density at radius 1 is 1.14 bits per heavy atom. The summed E-state index contributed by atoms with van der Waals surface area (Å²) < 4.78 is 25.7. The predicted octanol–water partition coefficient (Wildman–Crippen LogP) is 2.40. The number of carbonyl (C=O) groups excluding carboxylic acids is 2. The third-order valence-corrected chi connectivity index (χ3v) is 5.15. The number of methoxy groups -OCH3 is 1. The largest absolute Gasteiger partial charge is 0.496 e. The topological polar surface area (TPSA) is 52.6 Å². The molecule has 2 fully saturated rings. The smallest absolute Gasteiger partial charge is 0.154 e. The van der Waals surface area contributed by atoms with Gasteiger partial charge in [-0.25, -0.2) is 4.39 Å². The molecular formula is C16H12BrFO4. The molecule has 0 amide bonds. The van der Waals surface area contributed by atoms with E-state index in [1.54, 1.807) is 6.07 Å². The van der Waals surface area contributed by atoms with Gasteiger partial charge in [-0.3, -0.25) is 9.59 Å². The van der Waals surface area contributed by atoms with E-state index in [2.05, 4.69) is 15.9 Å². The van der Waals surface area contributed by atoms with E-state index in [-0.39, 0.29) is 35.1 Å². The van der Waals surface area contributed by atoms with Crippen LogP contribution in [0.3, 0.4) is 0 Å². The maximum atomic E-state index is 14.4. The monoisotopic (exact) mass is 366 g/mol. The van der Waals surface area contributed by atoms with Crippen molar-refractivity contribution in [3.63, 3.8) is 0 Å². The van der Waals surface area contributed by atoms with Gasteiger partial charge < -0.3 is 9.47 Å². The van der Waals surface area contributed by atoms with Crippen molar-refractivity contribution in [2.24, 2.45) is 11.8 Å². The van der Waals surface area contributed by atoms with Crippen LogP contribution in [0, 0.1) is 17.7 Å². The third-order valence-electron chi connectivity index (χ3n) is 4.69. The summed E-state index contributed by atoms with van der Waals surface area (Å²) in [5, 5.41) is 0. The van der Waals surface area contributed by atoms with E-state index in [9.17, 15) is 14.0 Å². The quantitative estimate of drug-likeness (QED) is 0.595. The summed E-state index contributed by atoms with van der Waals surface area (Å²) in [6, 6.07) is 2.81. The fourth-order valence-corrected chi connectivity index (χ4v) is 4.22. The first-order valence-electron chi connectivity index (χ1n) is 6.97. The summed E-state index contributed by atoms with van der Waals surface area (Å²) in [4.78, 5) is 25.4. The minimum atomic E-state index is -1.10. The Morgan fingerprint density at radius 3 is 2.27 bits per heavy atom. The highest BCUT2D eigenvalue weighted by Gasteiger charge is 2.62. The van der Waals surface area contributed by atoms with Crippen LogP contribution < -0.4 is 4.74 Å². The third kappa shape index (κ3) is 1.71. The number of fused-ring (bicyclic) bond motifs is 5. The van der Waals surface area contributed by atoms with Crippen molar-refractivity contribution in [2.75, 3.05) is 7.11 Å². The molecule has 2 aliphatic heterocycles. The highest BCUT2D eigenvalue weighted by molar-refractivity contribution is 9.10. The van der Waals surface area contributed by atoms with E-state index < -0.39 is 23.6 Å². The van der Waals surface area contributed by atoms with Crippen molar-refractivity contribution in [3.05, 3.63) is 40.1 Å². The lowest BCUT2D eigenvalue weighted by atomic mass is 9.85. The Hall–Kier alpha value is -1.53. The fourth-order valence-electron chi connectivity index (χ4n) is 3.81. The second-order valence-corrected chi connectivity index (χ2v) is 6.66. The van der Waals surface area contributed by atoms with Gasteiger partial charge >= 0.3 is 0 Å². The minimum Gasteiger partial charge on any atom is -0.496 e. The fraction of sp³-hybridized carbons (Fsp3) is 0.375. The molecule has 4 unspecified atom stereocenters. The average molecular weight is 367 g/mol. The standard InChI is InChI=1S/C16H12BrFO4/c1-21-10-5-6(17)4-7(18)11(10)14-15(19)12-8-2-3-9(22-8)13(12)16(14)20/h2-5,8-9,12-14H,1H3. The number of hydrogen-bond acceptors (Lipinski definition) is 4. The van der Waals surface area contributed by atoms with Crippen LogP contribution in [-0.2, 0) is 14.3 Å². The van der Waals surface area contributed by atoms with E-state index in [4.69, 9.17) is 9.47 Å². The second kappa shape index (κ2) is 4.73. The van der Waals surface area contributed by atoms with Gasteiger partial charge in [0.05, 0.1) is 31.2 Å². The lowest BCUT2D eigenvalue weighted by Gasteiger charge is -2.16. The van der Waals surface area contributed by atoms with Gasteiger partial charge in [0.25, 0.3) is 0 Å². The molecular weight excluding hydrogens is 355 g/mol. The van der Waals surface area contributed by atoms with Crippen LogP contribution in [0.25, 0.3) is 0 Å². The average Bonchev–Trinajstić information content (AvgIpc) is 3.14. The number of rotatable bonds is 2. The summed E-state index contributed by atoms with van der Waals surface area (Å²) >= 11 is 3.18. The molecule has 22 heavy (non-hydrogen) atoms. The van der Waals surface area contributed by atoms with Crippen LogP contribution in [0.4, 0.5) is 4.39 Å². The molecule has 4 atom stereocenters. The number of Topliss-reactive ketones (excluding diaryl/α,β-unsaturated/α-hetero) is 2. The molecule has 1 aromatic rings. The molecule has 0 aromatic heterocycles. The number of benzene rings is 1. The van der Waals surface area contributed by atoms with Gasteiger partial charge in [0.2, 0.25) is 0 Å². The van der Waals surface area contributed by atoms with Gasteiger partial charge in [-0.15, -0.1) is 0 Å². The number of ketones is 2. The lowest BCUT2D eigenvalue weighted by Crippen LogP contribution is -2.26. The van der Waals surface area contributed by atoms with E-state index >= 15 is 0 Å². The normalized spacial score (nSPS) is 35.3. The highest BCUT2D eigenvalue weighted by Crippen LogP contribution is 2.51. The Labute approximate surface area is 134 Å². The molecule has 0 radical (unpaired) electrons. The van der Waals surface area contributed by atoms with Crippen molar-refractivity contribution in [1.82, 2.24) is 0 Å². The van der Waals surface area contributed by atoms with E-state index in [0.29, 0.717) is 4.47 Å². The molecule has 0 spiro atoms. The first-order valence-corrected chi connectivity index (χ1v) is 7.76. The van der Waals surface area contributed by atoms with Crippen LogP contribution >= 0.6 is 15.9 Å². The molecule has 1 aliphatic carbocycles. The van der Waals surface area contributed by atoms with Crippen molar-refractivity contribution < 1.29 is 23.5 Å². The molecule has 4 nitrogen and oxygen atoms in total. The summed E-state index contributed by atoms with van der Waals surface area (Å²) in [5.41, 5.74) is 0.0366. The SMILES string of the molecule is COc1cc(Br)cc(F)c1C1C(=O)C2C3C=CC(O3)C2C1=O. The predicted molar refractivity (Wildman–Crippen MR) is 78.2 cm³/mol. The van der Waals surface area contributed by atoms with Crippen LogP contribution in [0.5, 0.6) is 5.75 Å². The zero-order chi connectivity index (χ0) is 15.6. The molecule has 1 saturated carbocycles. The zero-order valence-corrected chi connectivity index (χ0v) is 13.2. The molecule has 3 aliphatic rings. The Morgan fingerprint density at radius 2 is 1.73 bits per heavy atom. The van der Waals surface area contributed by atoms with Gasteiger partial charge in [0.1, 0.15) is 17.5 Å².